The summed E-state index contributed by atoms with van der Waals surface area (Å²) in [7, 11) is 0. The Morgan fingerprint density at radius 3 is 2.93 bits per heavy atom. The molecule has 7 heteroatoms. The number of thiazole rings is 1. The van der Waals surface area contributed by atoms with Gasteiger partial charge in [0.05, 0.1) is 34.5 Å². The summed E-state index contributed by atoms with van der Waals surface area (Å²) in [6.45, 7) is 1.83. The third-order valence-electron chi connectivity index (χ3n) is 5.16. The Kier molecular flexibility index (Phi) is 4.61. The maximum atomic E-state index is 13.3. The molecule has 0 unspecified atom stereocenters. The average molecular weight is 415 g/mol. The van der Waals surface area contributed by atoms with Crippen molar-refractivity contribution in [2.75, 3.05) is 19.8 Å². The zero-order valence-electron chi connectivity index (χ0n) is 15.2. The molecule has 3 heterocycles. The van der Waals surface area contributed by atoms with Crippen LogP contribution in [0.2, 0.25) is 5.02 Å². The number of aromatic nitrogens is 1. The van der Waals surface area contributed by atoms with Crippen LogP contribution in [0, 0.1) is 0 Å². The highest BCUT2D eigenvalue weighted by molar-refractivity contribution is 7.18. The van der Waals surface area contributed by atoms with Crippen LogP contribution >= 0.6 is 22.9 Å². The number of para-hydroxylation sites is 1. The Morgan fingerprint density at radius 2 is 2.04 bits per heavy atom. The van der Waals surface area contributed by atoms with E-state index in [1.54, 1.807) is 23.5 Å². The van der Waals surface area contributed by atoms with Crippen molar-refractivity contribution in [3.8, 4) is 11.5 Å². The molecule has 5 nitrogen and oxygen atoms in total. The molecule has 0 radical (unpaired) electrons. The first-order valence-electron chi connectivity index (χ1n) is 9.46. The van der Waals surface area contributed by atoms with E-state index >= 15 is 0 Å². The molecule has 1 fully saturated rings. The standard InChI is InChI=1S/C21H19ClN2O3S/c22-14-11-13(12-17-19(14)27-10-4-9-26-17)21(25)24-8-3-6-16(24)20-23-15-5-1-2-7-18(15)28-20/h1-2,5,7,11-12,16H,3-4,6,8-10H2/t16-/m0/s1. The van der Waals surface area contributed by atoms with Crippen molar-refractivity contribution in [2.45, 2.75) is 25.3 Å². The molecular weight excluding hydrogens is 396 g/mol. The first-order chi connectivity index (χ1) is 13.7. The number of carbonyl (C=O) groups is 1. The minimum absolute atomic E-state index is 0.000320. The fourth-order valence-electron chi connectivity index (χ4n) is 3.82. The van der Waals surface area contributed by atoms with Crippen LogP contribution in [0.4, 0.5) is 0 Å². The smallest absolute Gasteiger partial charge is 0.254 e. The van der Waals surface area contributed by atoms with Gasteiger partial charge in [0.25, 0.3) is 5.91 Å². The lowest BCUT2D eigenvalue weighted by molar-refractivity contribution is 0.0735. The molecule has 28 heavy (non-hydrogen) atoms. The van der Waals surface area contributed by atoms with Gasteiger partial charge in [0, 0.05) is 18.5 Å². The highest BCUT2D eigenvalue weighted by Crippen LogP contribution is 2.41. The number of rotatable bonds is 2. The zero-order valence-corrected chi connectivity index (χ0v) is 16.8. The van der Waals surface area contributed by atoms with Gasteiger partial charge in [-0.3, -0.25) is 4.79 Å². The minimum atomic E-state index is -0.0423. The van der Waals surface area contributed by atoms with Crippen molar-refractivity contribution in [1.82, 2.24) is 9.88 Å². The molecule has 5 rings (SSSR count). The highest BCUT2D eigenvalue weighted by Gasteiger charge is 2.33. The van der Waals surface area contributed by atoms with E-state index < -0.39 is 0 Å². The second-order valence-corrected chi connectivity index (χ2v) is 8.48. The first-order valence-corrected chi connectivity index (χ1v) is 10.7. The van der Waals surface area contributed by atoms with Crippen molar-refractivity contribution < 1.29 is 14.3 Å². The monoisotopic (exact) mass is 414 g/mol. The lowest BCUT2D eigenvalue weighted by atomic mass is 10.1. The molecule has 2 aliphatic rings. The van der Waals surface area contributed by atoms with Crippen LogP contribution in [-0.4, -0.2) is 35.5 Å². The van der Waals surface area contributed by atoms with Crippen LogP contribution in [0.5, 0.6) is 11.5 Å². The number of likely N-dealkylation sites (tertiary alicyclic amines) is 1. The third-order valence-corrected chi connectivity index (χ3v) is 6.58. The van der Waals surface area contributed by atoms with Crippen LogP contribution in [0.25, 0.3) is 10.2 Å². The predicted octanol–water partition coefficient (Wildman–Crippen LogP) is 5.09. The summed E-state index contributed by atoms with van der Waals surface area (Å²) in [4.78, 5) is 20.0. The Hall–Kier alpha value is -2.31. The number of fused-ring (bicyclic) bond motifs is 2. The summed E-state index contributed by atoms with van der Waals surface area (Å²) in [5.74, 6) is 1.03. The second-order valence-electron chi connectivity index (χ2n) is 7.01. The lowest BCUT2D eigenvalue weighted by Gasteiger charge is -2.23. The van der Waals surface area contributed by atoms with Crippen LogP contribution in [0.3, 0.4) is 0 Å². The SMILES string of the molecule is O=C(c1cc(Cl)c2c(c1)OCCCO2)N1CCC[C@H]1c1nc2ccccc2s1. The van der Waals surface area contributed by atoms with E-state index in [9.17, 15) is 4.79 Å². The molecule has 0 aliphatic carbocycles. The Morgan fingerprint density at radius 1 is 1.18 bits per heavy atom. The van der Waals surface area contributed by atoms with Crippen LogP contribution in [0.15, 0.2) is 36.4 Å². The molecule has 0 N–H and O–H groups in total. The van der Waals surface area contributed by atoms with Crippen molar-refractivity contribution in [3.63, 3.8) is 0 Å². The number of nitrogens with zero attached hydrogens (tertiary/aromatic N) is 2. The van der Waals surface area contributed by atoms with Crippen LogP contribution < -0.4 is 9.47 Å². The number of halogens is 1. The summed E-state index contributed by atoms with van der Waals surface area (Å²) in [6.07, 6.45) is 2.68. The normalized spacial score (nSPS) is 19.0. The predicted molar refractivity (Wildman–Crippen MR) is 110 cm³/mol. The second kappa shape index (κ2) is 7.26. The van der Waals surface area contributed by atoms with E-state index in [0.29, 0.717) is 41.8 Å². The molecule has 0 spiro atoms. The number of amides is 1. The Balaban J connectivity index is 1.47. The first kappa shape index (κ1) is 17.8. The molecule has 1 atom stereocenters. The van der Waals surface area contributed by atoms with Crippen molar-refractivity contribution in [2.24, 2.45) is 0 Å². The number of hydrogen-bond donors (Lipinski definition) is 0. The molecule has 2 aromatic carbocycles. The molecule has 1 saturated heterocycles. The molecule has 2 aliphatic heterocycles. The highest BCUT2D eigenvalue weighted by atomic mass is 35.5. The van der Waals surface area contributed by atoms with Gasteiger partial charge in [0.1, 0.15) is 5.01 Å². The molecule has 0 saturated carbocycles. The number of benzene rings is 2. The summed E-state index contributed by atoms with van der Waals surface area (Å²) in [5, 5.41) is 1.41. The average Bonchev–Trinajstić information content (AvgIpc) is 3.28. The molecule has 3 aromatic rings. The molecule has 1 amide bonds. The van der Waals surface area contributed by atoms with E-state index in [1.807, 2.05) is 23.1 Å². The van der Waals surface area contributed by atoms with Gasteiger partial charge in [-0.1, -0.05) is 23.7 Å². The van der Waals surface area contributed by atoms with Gasteiger partial charge in [0.15, 0.2) is 11.5 Å². The fraction of sp³-hybridized carbons (Fsp3) is 0.333. The fourth-order valence-corrected chi connectivity index (χ4v) is 5.20. The van der Waals surface area contributed by atoms with Gasteiger partial charge in [-0.15, -0.1) is 11.3 Å². The van der Waals surface area contributed by atoms with Gasteiger partial charge in [-0.2, -0.15) is 0 Å². The minimum Gasteiger partial charge on any atom is -0.489 e. The third kappa shape index (κ3) is 3.10. The van der Waals surface area contributed by atoms with E-state index in [1.165, 1.54) is 0 Å². The van der Waals surface area contributed by atoms with E-state index in [4.69, 9.17) is 26.1 Å². The van der Waals surface area contributed by atoms with Gasteiger partial charge in [-0.05, 0) is 37.1 Å². The summed E-state index contributed by atoms with van der Waals surface area (Å²) >= 11 is 8.06. The van der Waals surface area contributed by atoms with Crippen molar-refractivity contribution in [1.29, 1.82) is 0 Å². The van der Waals surface area contributed by atoms with Crippen molar-refractivity contribution in [3.05, 3.63) is 52.0 Å². The Bertz CT molecular complexity index is 1020. The molecular formula is C21H19ClN2O3S. The van der Waals surface area contributed by atoms with Gasteiger partial charge >= 0.3 is 0 Å². The molecule has 0 bridgehead atoms. The van der Waals surface area contributed by atoms with E-state index in [-0.39, 0.29) is 11.9 Å². The van der Waals surface area contributed by atoms with Crippen molar-refractivity contribution >= 4 is 39.1 Å². The van der Waals surface area contributed by atoms with Crippen LogP contribution in [-0.2, 0) is 0 Å². The quantitative estimate of drug-likeness (QED) is 0.586. The van der Waals surface area contributed by atoms with Crippen LogP contribution in [0.1, 0.15) is 40.7 Å². The summed E-state index contributed by atoms with van der Waals surface area (Å²) < 4.78 is 12.6. The maximum absolute atomic E-state index is 13.3. The number of ether oxygens (including phenoxy) is 2. The zero-order chi connectivity index (χ0) is 19.1. The maximum Gasteiger partial charge on any atom is 0.254 e. The lowest BCUT2D eigenvalue weighted by Crippen LogP contribution is -2.30. The summed E-state index contributed by atoms with van der Waals surface area (Å²) in [6, 6.07) is 11.5. The van der Waals surface area contributed by atoms with Gasteiger partial charge < -0.3 is 14.4 Å². The molecule has 144 valence electrons. The van der Waals surface area contributed by atoms with E-state index in [0.717, 1.165) is 34.5 Å². The Labute approximate surface area is 171 Å². The molecule has 1 aromatic heterocycles. The topological polar surface area (TPSA) is 51.7 Å². The number of hydrogen-bond acceptors (Lipinski definition) is 5. The summed E-state index contributed by atoms with van der Waals surface area (Å²) in [5.41, 5.74) is 1.52. The number of carbonyl (C=O) groups excluding carboxylic acids is 1. The van der Waals surface area contributed by atoms with E-state index in [2.05, 4.69) is 6.07 Å². The van der Waals surface area contributed by atoms with Gasteiger partial charge in [-0.25, -0.2) is 4.98 Å². The van der Waals surface area contributed by atoms with Gasteiger partial charge in [0.2, 0.25) is 0 Å². The largest absolute Gasteiger partial charge is 0.489 e.